The van der Waals surface area contributed by atoms with Crippen LogP contribution in [0.3, 0.4) is 0 Å². The van der Waals surface area contributed by atoms with Crippen LogP contribution in [0, 0.1) is 5.82 Å². The predicted molar refractivity (Wildman–Crippen MR) is 136 cm³/mol. The standard InChI is InChI=1S/C20H13ClFN5O5S2.Ca.2H/c1-23-15-9-14-12(8-13(15)22)18(28)27(19(29)24-14)11-4-2-10(3-5-11)26(20(30)25-34(31)32)17-7-6-16(21)33-17;;;/h2-9,23H,1H3,(H,24,29);;;. The van der Waals surface area contributed by atoms with Crippen molar-refractivity contribution in [2.24, 2.45) is 4.36 Å². The minimum absolute atomic E-state index is 0. The summed E-state index contributed by atoms with van der Waals surface area (Å²) in [6.45, 7) is 0. The summed E-state index contributed by atoms with van der Waals surface area (Å²) in [6, 6.07) is 9.83. The normalized spacial score (nSPS) is 10.5. The van der Waals surface area contributed by atoms with Gasteiger partial charge < -0.3 is 10.3 Å². The molecule has 2 heterocycles. The molecule has 15 heteroatoms. The quantitative estimate of drug-likeness (QED) is 0.367. The molecule has 0 atom stereocenters. The van der Waals surface area contributed by atoms with E-state index in [1.807, 2.05) is 0 Å². The summed E-state index contributed by atoms with van der Waals surface area (Å²) >= 11 is 6.96. The number of nitrogens with zero attached hydrogens (tertiary/aromatic N) is 3. The van der Waals surface area contributed by atoms with Crippen LogP contribution in [0.25, 0.3) is 16.6 Å². The summed E-state index contributed by atoms with van der Waals surface area (Å²) in [4.78, 5) is 41.6. The number of urea groups is 1. The third-order valence-corrected chi connectivity index (χ3v) is 6.27. The number of halogens is 2. The van der Waals surface area contributed by atoms with Crippen LogP contribution in [0.5, 0.6) is 0 Å². The Morgan fingerprint density at radius 2 is 1.86 bits per heavy atom. The van der Waals surface area contributed by atoms with Crippen molar-refractivity contribution in [3.05, 3.63) is 79.5 Å². The van der Waals surface area contributed by atoms with Gasteiger partial charge in [-0.05, 0) is 48.5 Å². The van der Waals surface area contributed by atoms with Crippen molar-refractivity contribution in [1.82, 2.24) is 9.55 Å². The van der Waals surface area contributed by atoms with Crippen LogP contribution in [0.1, 0.15) is 0 Å². The average molecular weight is 564 g/mol. The third-order valence-electron chi connectivity index (χ3n) is 4.74. The van der Waals surface area contributed by atoms with Crippen molar-refractivity contribution in [3.63, 3.8) is 0 Å². The molecular weight excluding hydrogens is 549 g/mol. The average Bonchev–Trinajstić information content (AvgIpc) is 3.20. The number of amides is 2. The molecular formula is C20H15CaClFN5O5S2. The number of fused-ring (bicyclic) bond motifs is 1. The molecule has 10 nitrogen and oxygen atoms in total. The van der Waals surface area contributed by atoms with Gasteiger partial charge in [0.2, 0.25) is 0 Å². The zero-order valence-corrected chi connectivity index (χ0v) is 19.5. The van der Waals surface area contributed by atoms with Gasteiger partial charge in [0.05, 0.1) is 32.3 Å². The van der Waals surface area contributed by atoms with E-state index in [0.29, 0.717) is 9.34 Å². The van der Waals surface area contributed by atoms with Crippen molar-refractivity contribution in [2.75, 3.05) is 17.3 Å². The van der Waals surface area contributed by atoms with Gasteiger partial charge in [0.15, 0.2) is 0 Å². The van der Waals surface area contributed by atoms with E-state index < -0.39 is 33.6 Å². The van der Waals surface area contributed by atoms with Crippen LogP contribution in [-0.4, -0.2) is 68.8 Å². The molecule has 2 aromatic carbocycles. The van der Waals surface area contributed by atoms with Crippen LogP contribution in [-0.2, 0) is 10.5 Å². The van der Waals surface area contributed by atoms with Crippen LogP contribution < -0.4 is 21.5 Å². The molecule has 0 aliphatic rings. The Hall–Kier alpha value is -2.55. The number of hydrogen-bond acceptors (Lipinski definition) is 7. The molecule has 178 valence electrons. The molecule has 0 aliphatic heterocycles. The Labute approximate surface area is 236 Å². The van der Waals surface area contributed by atoms with Gasteiger partial charge in [-0.15, -0.1) is 11.3 Å². The fraction of sp³-hybridized carbons (Fsp3) is 0.0500. The maximum absolute atomic E-state index is 14.2. The van der Waals surface area contributed by atoms with E-state index in [-0.39, 0.29) is 65.7 Å². The molecule has 0 aliphatic carbocycles. The predicted octanol–water partition coefficient (Wildman–Crippen LogP) is 2.98. The van der Waals surface area contributed by atoms with Gasteiger partial charge in [0.1, 0.15) is 10.8 Å². The number of rotatable bonds is 4. The Balaban J connectivity index is 0.00000342. The van der Waals surface area contributed by atoms with Crippen molar-refractivity contribution >= 4 is 104 Å². The summed E-state index contributed by atoms with van der Waals surface area (Å²) in [5.74, 6) is -0.663. The van der Waals surface area contributed by atoms with E-state index in [2.05, 4.69) is 14.7 Å². The molecule has 0 saturated heterocycles. The first-order valence-electron chi connectivity index (χ1n) is 9.37. The van der Waals surface area contributed by atoms with Gasteiger partial charge in [-0.3, -0.25) is 9.69 Å². The van der Waals surface area contributed by atoms with Crippen molar-refractivity contribution in [2.45, 2.75) is 0 Å². The fourth-order valence-electron chi connectivity index (χ4n) is 3.28. The van der Waals surface area contributed by atoms with Gasteiger partial charge in [0.25, 0.3) is 5.56 Å². The number of hydrogen-bond donors (Lipinski definition) is 2. The van der Waals surface area contributed by atoms with Gasteiger partial charge in [-0.1, -0.05) is 16.0 Å². The van der Waals surface area contributed by atoms with Gasteiger partial charge in [-0.25, -0.2) is 18.5 Å². The monoisotopic (exact) mass is 563 g/mol. The zero-order valence-electron chi connectivity index (χ0n) is 17.1. The van der Waals surface area contributed by atoms with Crippen molar-refractivity contribution < 1.29 is 17.6 Å². The SMILES string of the molecule is CNc1cc2[nH]c(=O)n(-c3ccc(N(C(=O)N=S(=O)=O)c4ccc(Cl)s4)cc3)c(=O)c2cc1F.[CaH2]. The molecule has 2 N–H and O–H groups in total. The second-order valence-corrected chi connectivity index (χ2v) is 9.03. The first-order chi connectivity index (χ1) is 16.2. The summed E-state index contributed by atoms with van der Waals surface area (Å²) < 4.78 is 40.2. The summed E-state index contributed by atoms with van der Waals surface area (Å²) in [6.07, 6.45) is 0. The van der Waals surface area contributed by atoms with E-state index in [1.54, 1.807) is 0 Å². The van der Waals surface area contributed by atoms with Crippen LogP contribution in [0.2, 0.25) is 4.34 Å². The van der Waals surface area contributed by atoms with Crippen LogP contribution in [0.4, 0.5) is 25.6 Å². The first kappa shape index (κ1) is 27.0. The molecule has 0 spiro atoms. The molecule has 2 aromatic heterocycles. The molecule has 0 bridgehead atoms. The molecule has 0 fully saturated rings. The molecule has 0 radical (unpaired) electrons. The second kappa shape index (κ2) is 11.0. The van der Waals surface area contributed by atoms with E-state index in [1.165, 1.54) is 49.5 Å². The third kappa shape index (κ3) is 5.50. The molecule has 35 heavy (non-hydrogen) atoms. The number of nitrogens with one attached hydrogen (secondary N) is 2. The Morgan fingerprint density at radius 1 is 1.17 bits per heavy atom. The number of anilines is 3. The Bertz CT molecular complexity index is 1690. The van der Waals surface area contributed by atoms with Gasteiger partial charge in [-0.2, -0.15) is 8.42 Å². The molecule has 4 aromatic rings. The number of carbonyl (C=O) groups excluding carboxylic acids is 1. The molecule has 4 rings (SSSR count). The zero-order chi connectivity index (χ0) is 24.6. The molecule has 2 amide bonds. The van der Waals surface area contributed by atoms with E-state index in [9.17, 15) is 27.2 Å². The van der Waals surface area contributed by atoms with Crippen LogP contribution >= 0.6 is 22.9 Å². The van der Waals surface area contributed by atoms with E-state index in [0.717, 1.165) is 26.9 Å². The van der Waals surface area contributed by atoms with E-state index >= 15 is 0 Å². The number of benzene rings is 2. The number of carbonyl (C=O) groups is 1. The number of thiophene rings is 1. The topological polar surface area (TPSA) is 134 Å². The minimum atomic E-state index is -2.99. The van der Waals surface area contributed by atoms with Crippen molar-refractivity contribution in [3.8, 4) is 5.69 Å². The Morgan fingerprint density at radius 3 is 2.43 bits per heavy atom. The van der Waals surface area contributed by atoms with Crippen molar-refractivity contribution in [1.29, 1.82) is 0 Å². The summed E-state index contributed by atoms with van der Waals surface area (Å²) in [5.41, 5.74) is -0.886. The molecule has 0 unspecified atom stereocenters. The fourth-order valence-corrected chi connectivity index (χ4v) is 4.53. The Kier molecular flexibility index (Phi) is 8.51. The van der Waals surface area contributed by atoms with E-state index in [4.69, 9.17) is 11.6 Å². The van der Waals surface area contributed by atoms with Gasteiger partial charge in [0, 0.05) is 7.05 Å². The first-order valence-corrected chi connectivity index (χ1v) is 11.6. The maximum atomic E-state index is 14.2. The summed E-state index contributed by atoms with van der Waals surface area (Å²) in [5, 5.41) is 2.89. The number of aromatic amines is 1. The molecule has 0 saturated carbocycles. The number of aromatic nitrogens is 2. The van der Waals surface area contributed by atoms with Gasteiger partial charge >= 0.3 is 60.0 Å². The second-order valence-electron chi connectivity index (χ2n) is 6.72. The number of H-pyrrole nitrogens is 1. The van der Waals surface area contributed by atoms with Crippen LogP contribution in [0.15, 0.2) is 62.5 Å². The summed E-state index contributed by atoms with van der Waals surface area (Å²) in [7, 11) is -1.48.